The highest BCUT2D eigenvalue weighted by molar-refractivity contribution is 5.70. The Bertz CT molecular complexity index is 733. The number of fused-ring (bicyclic) bond motifs is 1. The number of carbonyl (C=O) groups is 1. The Morgan fingerprint density at radius 1 is 1.04 bits per heavy atom. The number of nitrogens with one attached hydrogen (secondary N) is 1. The number of hydrogen-bond acceptors (Lipinski definition) is 3. The van der Waals surface area contributed by atoms with Gasteiger partial charge in [0.15, 0.2) is 6.10 Å². The Hall–Kier alpha value is -2.33. The molecule has 4 bridgehead atoms. The zero-order chi connectivity index (χ0) is 16.9. The quantitative estimate of drug-likeness (QED) is 0.933. The minimum atomic E-state index is -0.380. The number of ether oxygens (including phenoxy) is 1. The van der Waals surface area contributed by atoms with Crippen LogP contribution >= 0.6 is 0 Å². The lowest BCUT2D eigenvalue weighted by Gasteiger charge is -2.30. The summed E-state index contributed by atoms with van der Waals surface area (Å²) >= 11 is 0. The third kappa shape index (κ3) is 2.44. The molecule has 4 unspecified atom stereocenters. The van der Waals surface area contributed by atoms with Crippen LogP contribution < -0.4 is 5.32 Å². The molecule has 1 saturated carbocycles. The van der Waals surface area contributed by atoms with Crippen molar-refractivity contribution in [3.05, 3.63) is 71.8 Å². The van der Waals surface area contributed by atoms with Gasteiger partial charge in [0.25, 0.3) is 0 Å². The molecule has 1 aliphatic carbocycles. The first-order chi connectivity index (χ1) is 12.3. The summed E-state index contributed by atoms with van der Waals surface area (Å²) in [6, 6.07) is 19.9. The lowest BCUT2D eigenvalue weighted by atomic mass is 10.0. The topological polar surface area (TPSA) is 41.6 Å². The largest absolute Gasteiger partial charge is 0.436 e. The van der Waals surface area contributed by atoms with Crippen LogP contribution in [0, 0.1) is 11.8 Å². The maximum atomic E-state index is 12.7. The van der Waals surface area contributed by atoms with Gasteiger partial charge in [0.05, 0.1) is 5.54 Å². The molecule has 4 atom stereocenters. The Labute approximate surface area is 147 Å². The molecule has 0 radical (unpaired) electrons. The summed E-state index contributed by atoms with van der Waals surface area (Å²) in [6.45, 7) is 3.29. The van der Waals surface area contributed by atoms with Gasteiger partial charge in [0.1, 0.15) is 0 Å². The lowest BCUT2D eigenvalue weighted by molar-refractivity contribution is 0.106. The Morgan fingerprint density at radius 3 is 2.16 bits per heavy atom. The van der Waals surface area contributed by atoms with Crippen LogP contribution in [-0.2, 0) is 4.74 Å². The highest BCUT2D eigenvalue weighted by Gasteiger charge is 2.71. The molecule has 1 N–H and O–H groups in total. The van der Waals surface area contributed by atoms with Crippen molar-refractivity contribution in [3.63, 3.8) is 0 Å². The molecule has 0 spiro atoms. The van der Waals surface area contributed by atoms with Gasteiger partial charge in [-0.3, -0.25) is 0 Å². The normalized spacial score (nSPS) is 31.6. The summed E-state index contributed by atoms with van der Waals surface area (Å²) in [4.78, 5) is 15.2. The van der Waals surface area contributed by atoms with Gasteiger partial charge >= 0.3 is 6.09 Å². The van der Waals surface area contributed by atoms with E-state index in [0.717, 1.165) is 24.2 Å². The van der Waals surface area contributed by atoms with Crippen LogP contribution in [0.2, 0.25) is 0 Å². The smallest absolute Gasteiger partial charge is 0.408 e. The van der Waals surface area contributed by atoms with E-state index in [9.17, 15) is 4.79 Å². The molecule has 4 aliphatic rings. The fraction of sp³-hybridized carbons (Fsp3) is 0.381. The number of rotatable bonds is 4. The highest BCUT2D eigenvalue weighted by Crippen LogP contribution is 2.60. The number of piperidine rings is 3. The van der Waals surface area contributed by atoms with Gasteiger partial charge in [-0.05, 0) is 30.0 Å². The fourth-order valence-corrected chi connectivity index (χ4v) is 4.93. The van der Waals surface area contributed by atoms with Gasteiger partial charge in [-0.2, -0.15) is 0 Å². The summed E-state index contributed by atoms with van der Waals surface area (Å²) in [5.74, 6) is 1.28. The second kappa shape index (κ2) is 5.60. The lowest BCUT2D eigenvalue weighted by Crippen LogP contribution is -2.47. The Balaban J connectivity index is 1.35. The standard InChI is InChI=1S/C21H22N2O2/c24-20(22-21-14-23-12-11-17(21)18(21)13-23)25-19(15-7-3-1-4-8-15)16-9-5-2-6-10-16/h1-10,17-19H,11-14H2,(H,22,24). The average Bonchev–Trinajstić information content (AvgIpc) is 3.15. The second-order valence-corrected chi connectivity index (χ2v) is 7.51. The van der Waals surface area contributed by atoms with Crippen molar-refractivity contribution in [2.24, 2.45) is 11.8 Å². The Morgan fingerprint density at radius 2 is 1.68 bits per heavy atom. The molecule has 1 amide bonds. The summed E-state index contributed by atoms with van der Waals surface area (Å²) < 4.78 is 5.92. The number of amides is 1. The molecule has 4 nitrogen and oxygen atoms in total. The second-order valence-electron chi connectivity index (χ2n) is 7.51. The maximum Gasteiger partial charge on any atom is 0.408 e. The zero-order valence-corrected chi connectivity index (χ0v) is 14.1. The molecule has 3 saturated heterocycles. The zero-order valence-electron chi connectivity index (χ0n) is 14.1. The van der Waals surface area contributed by atoms with E-state index in [2.05, 4.69) is 10.2 Å². The molecule has 6 rings (SSSR count). The fourth-order valence-electron chi connectivity index (χ4n) is 4.93. The van der Waals surface area contributed by atoms with E-state index in [-0.39, 0.29) is 17.7 Å². The van der Waals surface area contributed by atoms with Crippen molar-refractivity contribution in [2.45, 2.75) is 18.1 Å². The van der Waals surface area contributed by atoms with E-state index in [1.165, 1.54) is 13.0 Å². The van der Waals surface area contributed by atoms with Crippen LogP contribution in [0.4, 0.5) is 4.79 Å². The predicted octanol–water partition coefficient (Wildman–Crippen LogP) is 3.21. The summed E-state index contributed by atoms with van der Waals surface area (Å²) in [7, 11) is 0. The van der Waals surface area contributed by atoms with Crippen molar-refractivity contribution in [1.29, 1.82) is 0 Å². The van der Waals surface area contributed by atoms with Crippen molar-refractivity contribution >= 4 is 6.09 Å². The summed E-state index contributed by atoms with van der Waals surface area (Å²) in [5, 5.41) is 3.23. The summed E-state index contributed by atoms with van der Waals surface area (Å²) in [5.41, 5.74) is 1.96. The van der Waals surface area contributed by atoms with Gasteiger partial charge in [0.2, 0.25) is 0 Å². The van der Waals surface area contributed by atoms with Crippen LogP contribution in [-0.4, -0.2) is 36.2 Å². The number of carbonyl (C=O) groups excluding carboxylic acids is 1. The first-order valence-corrected chi connectivity index (χ1v) is 9.07. The van der Waals surface area contributed by atoms with Gasteiger partial charge in [-0.15, -0.1) is 0 Å². The van der Waals surface area contributed by atoms with Crippen LogP contribution in [0.1, 0.15) is 23.7 Å². The molecule has 2 aromatic rings. The molecular formula is C21H22N2O2. The van der Waals surface area contributed by atoms with Crippen LogP contribution in [0.3, 0.4) is 0 Å². The first kappa shape index (κ1) is 15.0. The van der Waals surface area contributed by atoms with E-state index in [4.69, 9.17) is 4.74 Å². The monoisotopic (exact) mass is 334 g/mol. The number of nitrogens with zero attached hydrogens (tertiary/aromatic N) is 1. The van der Waals surface area contributed by atoms with E-state index in [1.807, 2.05) is 60.7 Å². The number of benzene rings is 2. The van der Waals surface area contributed by atoms with E-state index in [0.29, 0.717) is 11.8 Å². The van der Waals surface area contributed by atoms with Crippen molar-refractivity contribution in [2.75, 3.05) is 19.6 Å². The first-order valence-electron chi connectivity index (χ1n) is 9.07. The third-order valence-electron chi connectivity index (χ3n) is 6.16. The molecular weight excluding hydrogens is 312 g/mol. The minimum Gasteiger partial charge on any atom is -0.436 e. The third-order valence-corrected chi connectivity index (χ3v) is 6.16. The van der Waals surface area contributed by atoms with Gasteiger partial charge in [-0.25, -0.2) is 4.79 Å². The van der Waals surface area contributed by atoms with Crippen LogP contribution in [0.15, 0.2) is 60.7 Å². The van der Waals surface area contributed by atoms with Gasteiger partial charge in [0, 0.05) is 19.0 Å². The molecule has 4 heteroatoms. The van der Waals surface area contributed by atoms with Gasteiger partial charge in [-0.1, -0.05) is 60.7 Å². The number of alkyl carbamates (subject to hydrolysis) is 1. The van der Waals surface area contributed by atoms with Crippen molar-refractivity contribution in [1.82, 2.24) is 10.2 Å². The highest BCUT2D eigenvalue weighted by atomic mass is 16.6. The van der Waals surface area contributed by atoms with Crippen LogP contribution in [0.25, 0.3) is 0 Å². The Kier molecular flexibility index (Phi) is 3.35. The average molecular weight is 334 g/mol. The molecule has 3 heterocycles. The molecule has 0 aromatic heterocycles. The van der Waals surface area contributed by atoms with Crippen LogP contribution in [0.5, 0.6) is 0 Å². The van der Waals surface area contributed by atoms with E-state index < -0.39 is 0 Å². The number of hydrogen-bond donors (Lipinski definition) is 1. The maximum absolute atomic E-state index is 12.7. The molecule has 25 heavy (non-hydrogen) atoms. The molecule has 3 aliphatic heterocycles. The SMILES string of the molecule is O=C(NC12CN3CCC1C2C3)OC(c1ccccc1)c1ccccc1. The van der Waals surface area contributed by atoms with Crippen molar-refractivity contribution in [3.8, 4) is 0 Å². The predicted molar refractivity (Wildman–Crippen MR) is 95.1 cm³/mol. The molecule has 4 fully saturated rings. The summed E-state index contributed by atoms with van der Waals surface area (Å²) in [6.07, 6.45) is 0.523. The van der Waals surface area contributed by atoms with E-state index >= 15 is 0 Å². The van der Waals surface area contributed by atoms with Gasteiger partial charge < -0.3 is 15.0 Å². The minimum absolute atomic E-state index is 0.0206. The van der Waals surface area contributed by atoms with Crippen molar-refractivity contribution < 1.29 is 9.53 Å². The molecule has 2 aromatic carbocycles. The molecule has 128 valence electrons. The van der Waals surface area contributed by atoms with E-state index in [1.54, 1.807) is 0 Å².